The molecule has 1 atom stereocenters. The van der Waals surface area contributed by atoms with Crippen LogP contribution in [0, 0.1) is 0 Å². The van der Waals surface area contributed by atoms with E-state index in [9.17, 15) is 19.5 Å². The van der Waals surface area contributed by atoms with E-state index in [0.29, 0.717) is 28.3 Å². The highest BCUT2D eigenvalue weighted by molar-refractivity contribution is 6.51. The minimum atomic E-state index is -1.03. The molecule has 9 heteroatoms. The lowest BCUT2D eigenvalue weighted by atomic mass is 9.94. The molecule has 2 N–H and O–H groups in total. The van der Waals surface area contributed by atoms with Gasteiger partial charge in [0, 0.05) is 17.3 Å². The van der Waals surface area contributed by atoms with Gasteiger partial charge in [0.15, 0.2) is 0 Å². The van der Waals surface area contributed by atoms with Gasteiger partial charge in [0.2, 0.25) is 0 Å². The third kappa shape index (κ3) is 4.71. The van der Waals surface area contributed by atoms with Crippen LogP contribution in [0.1, 0.15) is 22.7 Å². The number of aliphatic carboxylic acids is 1. The Morgan fingerprint density at radius 3 is 2.16 bits per heavy atom. The maximum absolute atomic E-state index is 13.4. The lowest BCUT2D eigenvalue weighted by molar-refractivity contribution is -0.136. The summed E-state index contributed by atoms with van der Waals surface area (Å²) in [6.07, 6.45) is -0.188. The van der Waals surface area contributed by atoms with Crippen molar-refractivity contribution in [3.63, 3.8) is 0 Å². The van der Waals surface area contributed by atoms with Crippen molar-refractivity contribution >= 4 is 29.1 Å². The van der Waals surface area contributed by atoms with Gasteiger partial charge in [-0.05, 0) is 35.9 Å². The molecule has 0 radical (unpaired) electrons. The second kappa shape index (κ2) is 10.4. The third-order valence-electron chi connectivity index (χ3n) is 6.11. The normalized spacial score (nSPS) is 16.5. The van der Waals surface area contributed by atoms with Crippen LogP contribution in [0.3, 0.4) is 0 Å². The number of rotatable bonds is 8. The molecule has 9 nitrogen and oxygen atoms in total. The number of carbonyl (C=O) groups excluding carboxylic acids is 2. The third-order valence-corrected chi connectivity index (χ3v) is 6.11. The van der Waals surface area contributed by atoms with Crippen LogP contribution in [-0.2, 0) is 20.8 Å². The van der Waals surface area contributed by atoms with E-state index < -0.39 is 29.5 Å². The highest BCUT2D eigenvalue weighted by Gasteiger charge is 2.48. The summed E-state index contributed by atoms with van der Waals surface area (Å²) in [4.78, 5) is 39.2. The molecule has 0 spiro atoms. The fraction of sp³-hybridized carbons (Fsp3) is 0.179. The number of benzene rings is 3. The van der Waals surface area contributed by atoms with Crippen LogP contribution in [0.25, 0.3) is 5.76 Å². The highest BCUT2D eigenvalue weighted by Crippen LogP contribution is 2.46. The largest absolute Gasteiger partial charge is 0.507 e. The SMILES string of the molecule is COc1ccc(/C(O)=C2\C(=O)C(=O)N(c3ccc(CC(=O)O)cc3)C2c2ccccc2OC)c(OC)c1. The van der Waals surface area contributed by atoms with Gasteiger partial charge in [0.25, 0.3) is 11.7 Å². The molecule has 3 aromatic rings. The number of aliphatic hydroxyl groups excluding tert-OH is 1. The summed E-state index contributed by atoms with van der Waals surface area (Å²) in [5, 5.41) is 20.5. The molecule has 1 aliphatic heterocycles. The van der Waals surface area contributed by atoms with E-state index in [1.54, 1.807) is 66.7 Å². The van der Waals surface area contributed by atoms with E-state index in [1.807, 2.05) is 0 Å². The van der Waals surface area contributed by atoms with Gasteiger partial charge in [-0.25, -0.2) is 0 Å². The Balaban J connectivity index is 1.94. The molecule has 3 aromatic carbocycles. The average molecular weight is 504 g/mol. The Morgan fingerprint density at radius 2 is 1.54 bits per heavy atom. The van der Waals surface area contributed by atoms with Crippen molar-refractivity contribution in [2.45, 2.75) is 12.5 Å². The summed E-state index contributed by atoms with van der Waals surface area (Å²) < 4.78 is 16.2. The number of carboxylic acid groups (broad SMARTS) is 1. The number of Topliss-reactive ketones (excluding diaryl/α,β-unsaturated/α-hetero) is 1. The predicted octanol–water partition coefficient (Wildman–Crippen LogP) is 3.97. The molecule has 0 bridgehead atoms. The van der Waals surface area contributed by atoms with E-state index in [0.717, 1.165) is 0 Å². The van der Waals surface area contributed by atoms with Gasteiger partial charge in [-0.3, -0.25) is 19.3 Å². The highest BCUT2D eigenvalue weighted by atomic mass is 16.5. The lowest BCUT2D eigenvalue weighted by Crippen LogP contribution is -2.29. The van der Waals surface area contributed by atoms with Crippen molar-refractivity contribution in [3.05, 3.63) is 89.0 Å². The number of anilines is 1. The first-order valence-corrected chi connectivity index (χ1v) is 11.3. The molecule has 1 heterocycles. The monoisotopic (exact) mass is 503 g/mol. The van der Waals surface area contributed by atoms with E-state index >= 15 is 0 Å². The molecule has 0 aromatic heterocycles. The molecule has 190 valence electrons. The Labute approximate surface area is 213 Å². The number of carbonyl (C=O) groups is 3. The van der Waals surface area contributed by atoms with E-state index in [-0.39, 0.29) is 23.3 Å². The molecule has 1 amide bonds. The fourth-order valence-electron chi connectivity index (χ4n) is 4.37. The van der Waals surface area contributed by atoms with E-state index in [2.05, 4.69) is 0 Å². The first-order valence-electron chi connectivity index (χ1n) is 11.3. The number of para-hydroxylation sites is 1. The number of nitrogens with zero attached hydrogens (tertiary/aromatic N) is 1. The molecule has 1 aliphatic rings. The molecular formula is C28H25NO8. The van der Waals surface area contributed by atoms with Crippen molar-refractivity contribution in [2.75, 3.05) is 26.2 Å². The average Bonchev–Trinajstić information content (AvgIpc) is 3.17. The summed E-state index contributed by atoms with van der Waals surface area (Å²) in [6, 6.07) is 16.9. The topological polar surface area (TPSA) is 123 Å². The zero-order valence-corrected chi connectivity index (χ0v) is 20.4. The molecule has 4 rings (SSSR count). The van der Waals surface area contributed by atoms with Gasteiger partial charge in [-0.2, -0.15) is 0 Å². The smallest absolute Gasteiger partial charge is 0.307 e. The summed E-state index contributed by atoms with van der Waals surface area (Å²) in [5.41, 5.74) is 1.43. The first-order chi connectivity index (χ1) is 17.8. The van der Waals surface area contributed by atoms with E-state index in [1.165, 1.54) is 26.2 Å². The molecule has 1 fully saturated rings. The lowest BCUT2D eigenvalue weighted by Gasteiger charge is -2.27. The van der Waals surface area contributed by atoms with Gasteiger partial charge in [-0.15, -0.1) is 0 Å². The Hall–Kier alpha value is -4.79. The maximum Gasteiger partial charge on any atom is 0.307 e. The number of amides is 1. The predicted molar refractivity (Wildman–Crippen MR) is 135 cm³/mol. The van der Waals surface area contributed by atoms with Crippen molar-refractivity contribution in [1.82, 2.24) is 0 Å². The van der Waals surface area contributed by atoms with Crippen molar-refractivity contribution in [1.29, 1.82) is 0 Å². The second-order valence-electron chi connectivity index (χ2n) is 8.21. The summed E-state index contributed by atoms with van der Waals surface area (Å²) >= 11 is 0. The molecule has 0 saturated carbocycles. The van der Waals surface area contributed by atoms with Crippen molar-refractivity contribution in [3.8, 4) is 17.2 Å². The summed E-state index contributed by atoms with van der Waals surface area (Å²) in [5.74, 6) is -2.00. The minimum Gasteiger partial charge on any atom is -0.507 e. The van der Waals surface area contributed by atoms with Crippen LogP contribution in [0.2, 0.25) is 0 Å². The Bertz CT molecular complexity index is 1390. The number of ether oxygens (including phenoxy) is 3. The first kappa shape index (κ1) is 25.3. The van der Waals surface area contributed by atoms with Gasteiger partial charge >= 0.3 is 5.97 Å². The van der Waals surface area contributed by atoms with Crippen LogP contribution in [0.15, 0.2) is 72.3 Å². The zero-order valence-electron chi connectivity index (χ0n) is 20.4. The molecule has 1 unspecified atom stereocenters. The Morgan fingerprint density at radius 1 is 0.865 bits per heavy atom. The fourth-order valence-corrected chi connectivity index (χ4v) is 4.37. The van der Waals surface area contributed by atoms with Crippen LogP contribution < -0.4 is 19.1 Å². The van der Waals surface area contributed by atoms with Crippen LogP contribution in [-0.4, -0.2) is 49.2 Å². The van der Waals surface area contributed by atoms with Crippen molar-refractivity contribution in [2.24, 2.45) is 0 Å². The van der Waals surface area contributed by atoms with E-state index in [4.69, 9.17) is 19.3 Å². The molecular weight excluding hydrogens is 478 g/mol. The minimum absolute atomic E-state index is 0.146. The number of aliphatic hydroxyl groups is 1. The van der Waals surface area contributed by atoms with Gasteiger partial charge < -0.3 is 24.4 Å². The van der Waals surface area contributed by atoms with Crippen molar-refractivity contribution < 1.29 is 38.8 Å². The standard InChI is InChI=1S/C28H25NO8/c1-35-18-12-13-20(22(15-18)37-3)26(32)24-25(19-6-4-5-7-21(19)36-2)29(28(34)27(24)33)17-10-8-16(9-11-17)14-23(30)31/h4-13,15,25,32H,14H2,1-3H3,(H,30,31)/b26-24+. The van der Waals surface area contributed by atoms with Crippen LogP contribution in [0.5, 0.6) is 17.2 Å². The van der Waals surface area contributed by atoms with Gasteiger partial charge in [-0.1, -0.05) is 30.3 Å². The molecule has 0 aliphatic carbocycles. The number of carboxylic acids is 1. The maximum atomic E-state index is 13.4. The summed E-state index contributed by atoms with van der Waals surface area (Å²) in [6.45, 7) is 0. The van der Waals surface area contributed by atoms with Crippen LogP contribution in [0.4, 0.5) is 5.69 Å². The quantitative estimate of drug-likeness (QED) is 0.269. The summed E-state index contributed by atoms with van der Waals surface area (Å²) in [7, 11) is 4.38. The zero-order chi connectivity index (χ0) is 26.7. The second-order valence-corrected chi connectivity index (χ2v) is 8.21. The van der Waals surface area contributed by atoms with Crippen LogP contribution >= 0.6 is 0 Å². The van der Waals surface area contributed by atoms with Gasteiger partial charge in [0.1, 0.15) is 23.0 Å². The number of hydrogen-bond acceptors (Lipinski definition) is 7. The number of ketones is 1. The van der Waals surface area contributed by atoms with Gasteiger partial charge in [0.05, 0.1) is 44.9 Å². The Kier molecular flexibility index (Phi) is 7.15. The molecule has 1 saturated heterocycles. The number of hydrogen-bond donors (Lipinski definition) is 2. The molecule has 37 heavy (non-hydrogen) atoms. The number of methoxy groups -OCH3 is 3.